The lowest BCUT2D eigenvalue weighted by Crippen LogP contribution is -2.31. The molecule has 0 aliphatic carbocycles. The summed E-state index contributed by atoms with van der Waals surface area (Å²) < 4.78 is 1.34. The Balaban J connectivity index is 1.50. The van der Waals surface area contributed by atoms with Crippen molar-refractivity contribution < 1.29 is 4.79 Å². The van der Waals surface area contributed by atoms with Crippen LogP contribution < -0.4 is 10.9 Å². The number of thiazole rings is 1. The van der Waals surface area contributed by atoms with E-state index in [0.717, 1.165) is 5.01 Å². The average molecular weight is 364 g/mol. The molecule has 0 aliphatic rings. The highest BCUT2D eigenvalue weighted by atomic mass is 32.1. The van der Waals surface area contributed by atoms with Gasteiger partial charge in [0.15, 0.2) is 0 Å². The lowest BCUT2D eigenvalue weighted by atomic mass is 10.3. The van der Waals surface area contributed by atoms with E-state index in [-0.39, 0.29) is 12.1 Å². The molecule has 0 atom stereocenters. The molecule has 0 saturated carbocycles. The molecule has 0 radical (unpaired) electrons. The maximum Gasteiger partial charge on any atom is 0.270 e. The first kappa shape index (κ1) is 16.0. The highest BCUT2D eigenvalue weighted by Crippen LogP contribution is 2.20. The van der Waals surface area contributed by atoms with Gasteiger partial charge in [-0.15, -0.1) is 11.3 Å². The zero-order chi connectivity index (χ0) is 17.9. The van der Waals surface area contributed by atoms with E-state index in [1.807, 2.05) is 5.38 Å². The van der Waals surface area contributed by atoms with Crippen LogP contribution in [-0.4, -0.2) is 30.2 Å². The Kier molecular flexibility index (Phi) is 4.20. The lowest BCUT2D eigenvalue weighted by molar-refractivity contribution is 0.0948. The molecule has 0 spiro atoms. The summed E-state index contributed by atoms with van der Waals surface area (Å²) in [6.07, 6.45) is 7.68. The van der Waals surface area contributed by atoms with Gasteiger partial charge in [0.05, 0.1) is 18.4 Å². The maximum atomic E-state index is 12.4. The van der Waals surface area contributed by atoms with Gasteiger partial charge in [-0.05, 0) is 12.1 Å². The van der Waals surface area contributed by atoms with Gasteiger partial charge < -0.3 is 5.32 Å². The van der Waals surface area contributed by atoms with E-state index in [1.54, 1.807) is 43.0 Å². The predicted molar refractivity (Wildman–Crippen MR) is 95.8 cm³/mol. The minimum absolute atomic E-state index is 0.0157. The van der Waals surface area contributed by atoms with Crippen LogP contribution >= 0.6 is 11.3 Å². The highest BCUT2D eigenvalue weighted by Gasteiger charge is 2.14. The zero-order valence-electron chi connectivity index (χ0n) is 13.4. The molecule has 8 nitrogen and oxygen atoms in total. The second kappa shape index (κ2) is 6.81. The molecule has 0 aliphatic heterocycles. The molecule has 4 rings (SSSR count). The summed E-state index contributed by atoms with van der Waals surface area (Å²) in [5.41, 5.74) is 1.41. The van der Waals surface area contributed by atoms with Crippen molar-refractivity contribution in [1.29, 1.82) is 0 Å². The largest absolute Gasteiger partial charge is 0.346 e. The number of nitrogens with zero attached hydrogens (tertiary/aromatic N) is 5. The third-order valence-electron chi connectivity index (χ3n) is 3.62. The standard InChI is InChI=1S/C17H12N6O2S/c24-15(12-8-20-14-3-1-2-6-23(14)17(12)25)21-7-11-10-26-16(22-11)13-9-18-4-5-19-13/h1-6,8-10H,7H2,(H,21,24). The average Bonchev–Trinajstić information content (AvgIpc) is 3.16. The molecule has 4 aromatic rings. The second-order valence-corrected chi connectivity index (χ2v) is 6.18. The summed E-state index contributed by atoms with van der Waals surface area (Å²) in [5.74, 6) is -0.491. The van der Waals surface area contributed by atoms with Gasteiger partial charge in [-0.1, -0.05) is 6.07 Å². The van der Waals surface area contributed by atoms with Crippen molar-refractivity contribution in [1.82, 2.24) is 29.7 Å². The van der Waals surface area contributed by atoms with Crippen molar-refractivity contribution in [3.63, 3.8) is 0 Å². The third kappa shape index (κ3) is 3.07. The molecule has 0 bridgehead atoms. The minimum atomic E-state index is -0.491. The van der Waals surface area contributed by atoms with Gasteiger partial charge in [0, 0.05) is 30.2 Å². The van der Waals surface area contributed by atoms with E-state index in [4.69, 9.17) is 0 Å². The molecular weight excluding hydrogens is 352 g/mol. The van der Waals surface area contributed by atoms with Gasteiger partial charge in [0.25, 0.3) is 11.5 Å². The number of aromatic nitrogens is 5. The van der Waals surface area contributed by atoms with Gasteiger partial charge >= 0.3 is 0 Å². The number of carbonyl (C=O) groups excluding carboxylic acids is 1. The van der Waals surface area contributed by atoms with Gasteiger partial charge in [-0.25, -0.2) is 9.97 Å². The summed E-state index contributed by atoms with van der Waals surface area (Å²) >= 11 is 1.41. The fourth-order valence-corrected chi connectivity index (χ4v) is 3.14. The number of hydrogen-bond acceptors (Lipinski definition) is 7. The summed E-state index contributed by atoms with van der Waals surface area (Å²) in [6.45, 7) is 0.201. The van der Waals surface area contributed by atoms with Gasteiger partial charge in [0.1, 0.15) is 21.9 Å². The summed E-state index contributed by atoms with van der Waals surface area (Å²) in [6, 6.07) is 5.19. The predicted octanol–water partition coefficient (Wildman–Crippen LogP) is 1.54. The first-order valence-electron chi connectivity index (χ1n) is 7.68. The molecule has 0 unspecified atom stereocenters. The molecule has 9 heteroatoms. The lowest BCUT2D eigenvalue weighted by Gasteiger charge is -2.04. The van der Waals surface area contributed by atoms with Crippen molar-refractivity contribution in [3.05, 3.63) is 76.2 Å². The monoisotopic (exact) mass is 364 g/mol. The van der Waals surface area contributed by atoms with Crippen molar-refractivity contribution in [3.8, 4) is 10.7 Å². The number of amides is 1. The smallest absolute Gasteiger partial charge is 0.270 e. The fraction of sp³-hybridized carbons (Fsp3) is 0.0588. The van der Waals surface area contributed by atoms with Crippen molar-refractivity contribution in [2.75, 3.05) is 0 Å². The zero-order valence-corrected chi connectivity index (χ0v) is 14.2. The van der Waals surface area contributed by atoms with Crippen LogP contribution in [-0.2, 0) is 6.54 Å². The van der Waals surface area contributed by atoms with Crippen LogP contribution in [0.4, 0.5) is 0 Å². The van der Waals surface area contributed by atoms with Crippen LogP contribution in [0.25, 0.3) is 16.3 Å². The number of fused-ring (bicyclic) bond motifs is 1. The molecule has 4 heterocycles. The normalized spacial score (nSPS) is 10.8. The molecule has 0 saturated heterocycles. The Morgan fingerprint density at radius 3 is 2.96 bits per heavy atom. The summed E-state index contributed by atoms with van der Waals surface area (Å²) in [5, 5.41) is 5.25. The third-order valence-corrected chi connectivity index (χ3v) is 4.54. The fourth-order valence-electron chi connectivity index (χ4n) is 2.36. The molecule has 26 heavy (non-hydrogen) atoms. The van der Waals surface area contributed by atoms with Crippen LogP contribution in [0, 0.1) is 0 Å². The highest BCUT2D eigenvalue weighted by molar-refractivity contribution is 7.13. The molecular formula is C17H12N6O2S. The Morgan fingerprint density at radius 1 is 1.19 bits per heavy atom. The van der Waals surface area contributed by atoms with Gasteiger partial charge in [-0.3, -0.25) is 24.0 Å². The summed E-state index contributed by atoms with van der Waals surface area (Å²) in [7, 11) is 0. The number of pyridine rings is 1. The molecule has 1 amide bonds. The van der Waals surface area contributed by atoms with Crippen molar-refractivity contribution in [2.24, 2.45) is 0 Å². The molecule has 0 aromatic carbocycles. The first-order chi connectivity index (χ1) is 12.7. The first-order valence-corrected chi connectivity index (χ1v) is 8.56. The number of nitrogens with one attached hydrogen (secondary N) is 1. The summed E-state index contributed by atoms with van der Waals surface area (Å²) in [4.78, 5) is 41.5. The Bertz CT molecular complexity index is 1140. The van der Waals surface area contributed by atoms with Crippen molar-refractivity contribution in [2.45, 2.75) is 6.54 Å². The minimum Gasteiger partial charge on any atom is -0.346 e. The van der Waals surface area contributed by atoms with E-state index in [9.17, 15) is 9.59 Å². The maximum absolute atomic E-state index is 12.4. The second-order valence-electron chi connectivity index (χ2n) is 5.32. The Morgan fingerprint density at radius 2 is 2.12 bits per heavy atom. The van der Waals surface area contributed by atoms with Crippen LogP contribution in [0.2, 0.25) is 0 Å². The van der Waals surface area contributed by atoms with Crippen LogP contribution in [0.5, 0.6) is 0 Å². The van der Waals surface area contributed by atoms with Crippen LogP contribution in [0.1, 0.15) is 16.1 Å². The quantitative estimate of drug-likeness (QED) is 0.589. The van der Waals surface area contributed by atoms with E-state index >= 15 is 0 Å². The van der Waals surface area contributed by atoms with Crippen molar-refractivity contribution >= 4 is 22.9 Å². The van der Waals surface area contributed by atoms with E-state index < -0.39 is 11.5 Å². The Hall–Kier alpha value is -3.46. The van der Waals surface area contributed by atoms with Gasteiger partial charge in [-0.2, -0.15) is 0 Å². The molecule has 128 valence electrons. The van der Waals surface area contributed by atoms with E-state index in [2.05, 4.69) is 25.3 Å². The molecule has 0 fully saturated rings. The SMILES string of the molecule is O=C(NCc1csc(-c2cnccn2)n1)c1cnc2ccccn2c1=O. The van der Waals surface area contributed by atoms with E-state index in [0.29, 0.717) is 17.0 Å². The molecule has 1 N–H and O–H groups in total. The Labute approximate surface area is 151 Å². The topological polar surface area (TPSA) is 102 Å². The number of rotatable bonds is 4. The van der Waals surface area contributed by atoms with Crippen LogP contribution in [0.15, 0.2) is 59.4 Å². The van der Waals surface area contributed by atoms with E-state index in [1.165, 1.54) is 21.9 Å². The van der Waals surface area contributed by atoms with Gasteiger partial charge in [0.2, 0.25) is 0 Å². The number of hydrogen-bond donors (Lipinski definition) is 1. The van der Waals surface area contributed by atoms with Crippen LogP contribution in [0.3, 0.4) is 0 Å². The number of carbonyl (C=O) groups is 1. The molecule has 4 aromatic heterocycles.